The van der Waals surface area contributed by atoms with E-state index in [0.29, 0.717) is 5.92 Å². The predicted octanol–water partition coefficient (Wildman–Crippen LogP) is 6.04. The third-order valence-corrected chi connectivity index (χ3v) is 4.05. The molecule has 1 atom stereocenters. The quantitative estimate of drug-likeness (QED) is 0.427. The van der Waals surface area contributed by atoms with Crippen LogP contribution in [0, 0.1) is 5.92 Å². The molecular formula is C16H23OS2. The van der Waals surface area contributed by atoms with E-state index in [1.165, 1.54) is 29.2 Å². The maximum absolute atomic E-state index is 5.74. The lowest BCUT2D eigenvalue weighted by molar-refractivity contribution is 0.279. The van der Waals surface area contributed by atoms with Gasteiger partial charge in [-0.15, -0.1) is 0 Å². The highest BCUT2D eigenvalue weighted by molar-refractivity contribution is 8.68. The molecule has 1 radical (unpaired) electrons. The molecule has 0 amide bonds. The lowest BCUT2D eigenvalue weighted by Gasteiger charge is -2.11. The van der Waals surface area contributed by atoms with Crippen molar-refractivity contribution in [2.45, 2.75) is 44.9 Å². The Hall–Kier alpha value is -0.540. The van der Waals surface area contributed by atoms with Gasteiger partial charge in [-0.1, -0.05) is 18.6 Å². The van der Waals surface area contributed by atoms with E-state index in [-0.39, 0.29) is 0 Å². The Kier molecular flexibility index (Phi) is 8.15. The Balaban J connectivity index is 2.20. The van der Waals surface area contributed by atoms with E-state index in [9.17, 15) is 0 Å². The summed E-state index contributed by atoms with van der Waals surface area (Å²) in [5.41, 5.74) is 1.41. The van der Waals surface area contributed by atoms with Crippen molar-refractivity contribution < 1.29 is 4.74 Å². The van der Waals surface area contributed by atoms with Crippen LogP contribution in [-0.2, 0) is 0 Å². The molecule has 0 N–H and O–H groups in total. The average molecular weight is 295 g/mol. The summed E-state index contributed by atoms with van der Waals surface area (Å²) in [6, 6.07) is 7.99. The SMILES string of the molecule is CC(C)=CCCC(C)CCOc1ccc(S[S])cc1. The van der Waals surface area contributed by atoms with Crippen molar-refractivity contribution in [3.8, 4) is 5.75 Å². The Morgan fingerprint density at radius 1 is 1.26 bits per heavy atom. The maximum atomic E-state index is 5.74. The van der Waals surface area contributed by atoms with E-state index in [1.54, 1.807) is 0 Å². The normalized spacial score (nSPS) is 12.0. The molecular weight excluding hydrogens is 272 g/mol. The highest BCUT2D eigenvalue weighted by atomic mass is 33.1. The third kappa shape index (κ3) is 7.58. The van der Waals surface area contributed by atoms with Crippen LogP contribution in [0.2, 0.25) is 0 Å². The summed E-state index contributed by atoms with van der Waals surface area (Å²) in [7, 11) is 1.34. The fourth-order valence-corrected chi connectivity index (χ4v) is 2.35. The summed E-state index contributed by atoms with van der Waals surface area (Å²) in [5, 5.41) is 0. The number of hydrogen-bond acceptors (Lipinski definition) is 2. The van der Waals surface area contributed by atoms with Crippen LogP contribution in [0.3, 0.4) is 0 Å². The topological polar surface area (TPSA) is 9.23 Å². The number of rotatable bonds is 8. The third-order valence-electron chi connectivity index (χ3n) is 3.01. The smallest absolute Gasteiger partial charge is 0.119 e. The van der Waals surface area contributed by atoms with E-state index in [4.69, 9.17) is 16.4 Å². The molecule has 1 aromatic carbocycles. The van der Waals surface area contributed by atoms with E-state index >= 15 is 0 Å². The highest BCUT2D eigenvalue weighted by Crippen LogP contribution is 2.24. The van der Waals surface area contributed by atoms with Crippen molar-refractivity contribution in [1.82, 2.24) is 0 Å². The van der Waals surface area contributed by atoms with Gasteiger partial charge in [0.05, 0.1) is 6.61 Å². The standard InChI is InChI=1S/C16H23OS2/c1-13(2)5-4-6-14(3)11-12-17-15-7-9-16(19-18)10-8-15/h5,7-10,14H,4,6,11-12H2,1-3H3. The van der Waals surface area contributed by atoms with Gasteiger partial charge in [0.2, 0.25) is 0 Å². The van der Waals surface area contributed by atoms with Crippen molar-refractivity contribution in [2.24, 2.45) is 5.92 Å². The van der Waals surface area contributed by atoms with E-state index < -0.39 is 0 Å². The summed E-state index contributed by atoms with van der Waals surface area (Å²) < 4.78 is 5.74. The molecule has 0 spiro atoms. The lowest BCUT2D eigenvalue weighted by Crippen LogP contribution is -2.04. The van der Waals surface area contributed by atoms with Crippen LogP contribution in [0.5, 0.6) is 5.75 Å². The van der Waals surface area contributed by atoms with Crippen molar-refractivity contribution in [3.05, 3.63) is 35.9 Å². The molecule has 1 nitrogen and oxygen atoms in total. The molecule has 0 aromatic heterocycles. The molecule has 3 heteroatoms. The Labute approximate surface area is 126 Å². The van der Waals surface area contributed by atoms with Crippen LogP contribution in [0.4, 0.5) is 0 Å². The van der Waals surface area contributed by atoms with Crippen molar-refractivity contribution in [2.75, 3.05) is 6.61 Å². The minimum absolute atomic E-state index is 0.707. The van der Waals surface area contributed by atoms with E-state index in [0.717, 1.165) is 23.7 Å². The molecule has 1 aromatic rings. The summed E-state index contributed by atoms with van der Waals surface area (Å²) in [6.07, 6.45) is 5.82. The van der Waals surface area contributed by atoms with Gasteiger partial charge in [0.1, 0.15) is 5.75 Å². The maximum Gasteiger partial charge on any atom is 0.119 e. The zero-order chi connectivity index (χ0) is 14.1. The molecule has 1 unspecified atom stereocenters. The molecule has 0 aliphatic rings. The van der Waals surface area contributed by atoms with Gasteiger partial charge in [-0.3, -0.25) is 0 Å². The first-order valence-corrected chi connectivity index (χ1v) is 8.52. The minimum atomic E-state index is 0.707. The van der Waals surface area contributed by atoms with Crippen LogP contribution < -0.4 is 4.74 Å². The van der Waals surface area contributed by atoms with Crippen LogP contribution in [0.1, 0.15) is 40.0 Å². The molecule has 1 rings (SSSR count). The fraction of sp³-hybridized carbons (Fsp3) is 0.500. The molecule has 0 saturated carbocycles. The molecule has 0 saturated heterocycles. The molecule has 0 heterocycles. The van der Waals surface area contributed by atoms with Crippen LogP contribution in [0.25, 0.3) is 0 Å². The number of benzene rings is 1. The molecule has 0 fully saturated rings. The second-order valence-corrected chi connectivity index (χ2v) is 6.29. The Morgan fingerprint density at radius 2 is 1.95 bits per heavy atom. The first-order chi connectivity index (χ1) is 9.11. The Bertz CT molecular complexity index is 380. The van der Waals surface area contributed by atoms with Gasteiger partial charge in [0, 0.05) is 4.90 Å². The first-order valence-electron chi connectivity index (χ1n) is 6.78. The number of hydrogen-bond donors (Lipinski definition) is 0. The van der Waals surface area contributed by atoms with Gasteiger partial charge >= 0.3 is 0 Å². The highest BCUT2D eigenvalue weighted by Gasteiger charge is 2.02. The average Bonchev–Trinajstić information content (AvgIpc) is 2.39. The predicted molar refractivity (Wildman–Crippen MR) is 87.8 cm³/mol. The monoisotopic (exact) mass is 295 g/mol. The van der Waals surface area contributed by atoms with Gasteiger partial charge in [-0.2, -0.15) is 0 Å². The molecule has 0 bridgehead atoms. The lowest BCUT2D eigenvalue weighted by atomic mass is 10.0. The van der Waals surface area contributed by atoms with Crippen molar-refractivity contribution in [1.29, 1.82) is 0 Å². The van der Waals surface area contributed by atoms with Crippen molar-refractivity contribution in [3.63, 3.8) is 0 Å². The summed E-state index contributed by atoms with van der Waals surface area (Å²) >= 11 is 4.91. The Morgan fingerprint density at radius 3 is 2.53 bits per heavy atom. The second-order valence-electron chi connectivity index (χ2n) is 5.16. The van der Waals surface area contributed by atoms with Crippen LogP contribution in [0.15, 0.2) is 40.8 Å². The van der Waals surface area contributed by atoms with Gasteiger partial charge in [-0.25, -0.2) is 0 Å². The van der Waals surface area contributed by atoms with Crippen molar-refractivity contribution >= 4 is 22.5 Å². The molecule has 0 aliphatic carbocycles. The summed E-state index contributed by atoms with van der Waals surface area (Å²) in [6.45, 7) is 7.38. The zero-order valence-corrected chi connectivity index (χ0v) is 13.7. The molecule has 105 valence electrons. The van der Waals surface area contributed by atoms with Crippen LogP contribution >= 0.6 is 22.5 Å². The molecule has 0 aliphatic heterocycles. The molecule has 19 heavy (non-hydrogen) atoms. The number of allylic oxidation sites excluding steroid dienone is 2. The zero-order valence-electron chi connectivity index (χ0n) is 12.0. The summed E-state index contributed by atoms with van der Waals surface area (Å²) in [4.78, 5) is 1.09. The number of ether oxygens (including phenoxy) is 1. The van der Waals surface area contributed by atoms with Gasteiger partial charge in [0.15, 0.2) is 0 Å². The van der Waals surface area contributed by atoms with E-state index in [2.05, 4.69) is 26.8 Å². The van der Waals surface area contributed by atoms with Gasteiger partial charge < -0.3 is 4.74 Å². The second kappa shape index (κ2) is 9.38. The fourth-order valence-electron chi connectivity index (χ4n) is 1.77. The van der Waals surface area contributed by atoms with Gasteiger partial charge in [0.25, 0.3) is 0 Å². The van der Waals surface area contributed by atoms with Crippen LogP contribution in [-0.4, -0.2) is 6.61 Å². The van der Waals surface area contributed by atoms with E-state index in [1.807, 2.05) is 24.3 Å². The minimum Gasteiger partial charge on any atom is -0.494 e. The largest absolute Gasteiger partial charge is 0.494 e. The first kappa shape index (κ1) is 16.5. The summed E-state index contributed by atoms with van der Waals surface area (Å²) in [5.74, 6) is 1.64. The van der Waals surface area contributed by atoms with Gasteiger partial charge in [-0.05, 0) is 85.7 Å².